The highest BCUT2D eigenvalue weighted by atomic mass is 35.5. The highest BCUT2D eigenvalue weighted by Crippen LogP contribution is 2.34. The van der Waals surface area contributed by atoms with Crippen LogP contribution >= 0.6 is 59.4 Å². The first kappa shape index (κ1) is 27.3. The number of halogens is 1. The van der Waals surface area contributed by atoms with Gasteiger partial charge in [-0.05, 0) is 85.1 Å². The molecule has 0 bridgehead atoms. The van der Waals surface area contributed by atoms with Crippen LogP contribution in [0.2, 0.25) is 5.28 Å². The van der Waals surface area contributed by atoms with Crippen molar-refractivity contribution in [2.75, 3.05) is 30.4 Å². The Hall–Kier alpha value is 0.300. The number of rotatable bonds is 18. The van der Waals surface area contributed by atoms with Crippen molar-refractivity contribution in [3.05, 3.63) is 5.28 Å². The molecule has 0 saturated heterocycles. The molecular weight excluding hydrogens is 462 g/mol. The summed E-state index contributed by atoms with van der Waals surface area (Å²) in [4.78, 5) is 13.7. The molecule has 168 valence electrons. The van der Waals surface area contributed by atoms with Gasteiger partial charge in [-0.1, -0.05) is 53.4 Å². The first-order valence-corrected chi connectivity index (χ1v) is 14.8. The molecule has 5 nitrogen and oxygen atoms in total. The van der Waals surface area contributed by atoms with E-state index in [-0.39, 0.29) is 5.28 Å². The van der Waals surface area contributed by atoms with Crippen molar-refractivity contribution in [1.82, 2.24) is 15.0 Å². The summed E-state index contributed by atoms with van der Waals surface area (Å²) in [6.45, 7) is 8.86. The van der Waals surface area contributed by atoms with Crippen LogP contribution in [0.15, 0.2) is 0 Å². The van der Waals surface area contributed by atoms with Crippen LogP contribution in [0.5, 0.6) is 0 Å². The maximum absolute atomic E-state index is 6.33. The zero-order chi connectivity index (χ0) is 21.3. The third-order valence-corrected chi connectivity index (χ3v) is 8.65. The van der Waals surface area contributed by atoms with E-state index in [0.29, 0.717) is 11.9 Å². The zero-order valence-electron chi connectivity index (χ0n) is 18.2. The summed E-state index contributed by atoms with van der Waals surface area (Å²) in [5.41, 5.74) is 0. The Morgan fingerprint density at radius 3 is 1.17 bits per heavy atom. The van der Waals surface area contributed by atoms with Crippen molar-refractivity contribution in [2.24, 2.45) is 0 Å². The lowest BCUT2D eigenvalue weighted by Crippen LogP contribution is -2.16. The molecule has 0 saturated carbocycles. The molecule has 29 heavy (non-hydrogen) atoms. The molecule has 0 spiro atoms. The Kier molecular flexibility index (Phi) is 16.9. The van der Waals surface area contributed by atoms with E-state index < -0.39 is 0 Å². The van der Waals surface area contributed by atoms with Gasteiger partial charge in [-0.15, -0.1) is 0 Å². The third kappa shape index (κ3) is 12.1. The molecule has 0 amide bonds. The van der Waals surface area contributed by atoms with E-state index >= 15 is 0 Å². The van der Waals surface area contributed by atoms with Crippen molar-refractivity contribution in [3.8, 4) is 0 Å². The van der Waals surface area contributed by atoms with E-state index in [0.717, 1.165) is 23.0 Å². The van der Waals surface area contributed by atoms with Crippen LogP contribution in [-0.4, -0.2) is 38.0 Å². The number of hydrogen-bond acceptors (Lipinski definition) is 9. The molecule has 0 unspecified atom stereocenters. The summed E-state index contributed by atoms with van der Waals surface area (Å²) in [7, 11) is 0. The van der Waals surface area contributed by atoms with Crippen LogP contribution in [0.3, 0.4) is 0 Å². The summed E-state index contributed by atoms with van der Waals surface area (Å²) in [6.07, 6.45) is 9.42. The van der Waals surface area contributed by atoms with Crippen molar-refractivity contribution < 1.29 is 0 Å². The quantitative estimate of drug-likeness (QED) is 0.148. The highest BCUT2D eigenvalue weighted by Gasteiger charge is 2.19. The van der Waals surface area contributed by atoms with E-state index in [1.54, 1.807) is 47.8 Å². The first-order chi connectivity index (χ1) is 14.2. The van der Waals surface area contributed by atoms with Crippen molar-refractivity contribution in [2.45, 2.75) is 79.1 Å². The Morgan fingerprint density at radius 1 is 0.586 bits per heavy atom. The molecule has 0 aliphatic carbocycles. The van der Waals surface area contributed by atoms with Crippen LogP contribution in [0.25, 0.3) is 0 Å². The van der Waals surface area contributed by atoms with Gasteiger partial charge in [0.25, 0.3) is 11.9 Å². The van der Waals surface area contributed by atoms with E-state index in [9.17, 15) is 0 Å². The van der Waals surface area contributed by atoms with Gasteiger partial charge in [-0.25, -0.2) is 7.42 Å². The van der Waals surface area contributed by atoms with Crippen LogP contribution in [0, 0.1) is 0 Å². The molecule has 1 rings (SSSR count). The number of hydrogen-bond donors (Lipinski definition) is 0. The second-order valence-corrected chi connectivity index (χ2v) is 11.4. The molecule has 0 aromatic carbocycles. The minimum atomic E-state index is 0.263. The summed E-state index contributed by atoms with van der Waals surface area (Å²) in [5, 5.41) is 0.263. The standard InChI is InChI=1S/C19H36ClN5S4/c1-5-9-13-26-24(27-14-10-6-2)18-21-17(20)22-19(23-18)25(28-15-11-7-3)29-16-12-8-4/h5-16H2,1-4H3. The first-order valence-electron chi connectivity index (χ1n) is 10.7. The number of nitrogens with zero attached hydrogens (tertiary/aromatic N) is 5. The van der Waals surface area contributed by atoms with E-state index in [2.05, 4.69) is 45.1 Å². The smallest absolute Gasteiger partial charge is 0.225 e. The molecule has 1 aromatic heterocycles. The molecule has 0 atom stereocenters. The molecule has 0 aliphatic rings. The van der Waals surface area contributed by atoms with Crippen molar-refractivity contribution in [1.29, 1.82) is 0 Å². The topological polar surface area (TPSA) is 45.2 Å². The van der Waals surface area contributed by atoms with Gasteiger partial charge in [0.15, 0.2) is 0 Å². The van der Waals surface area contributed by atoms with Crippen LogP contribution in [-0.2, 0) is 0 Å². The van der Waals surface area contributed by atoms with Crippen molar-refractivity contribution >= 4 is 71.3 Å². The van der Waals surface area contributed by atoms with Gasteiger partial charge in [0.1, 0.15) is 0 Å². The minimum Gasteiger partial charge on any atom is -0.225 e. The Bertz CT molecular complexity index is 479. The second kappa shape index (κ2) is 17.9. The monoisotopic (exact) mass is 497 g/mol. The summed E-state index contributed by atoms with van der Waals surface area (Å²) in [6, 6.07) is 0. The van der Waals surface area contributed by atoms with Crippen LogP contribution < -0.4 is 7.42 Å². The van der Waals surface area contributed by atoms with Gasteiger partial charge in [-0.3, -0.25) is 0 Å². The number of unbranched alkanes of at least 4 members (excludes halogenated alkanes) is 4. The minimum absolute atomic E-state index is 0.263. The predicted octanol–water partition coefficient (Wildman–Crippen LogP) is 7.93. The fourth-order valence-corrected chi connectivity index (χ4v) is 6.73. The van der Waals surface area contributed by atoms with Gasteiger partial charge < -0.3 is 0 Å². The molecule has 0 aliphatic heterocycles. The average molecular weight is 498 g/mol. The molecule has 1 heterocycles. The molecule has 0 radical (unpaired) electrons. The fraction of sp³-hybridized carbons (Fsp3) is 0.842. The Balaban J connectivity index is 2.98. The van der Waals surface area contributed by atoms with E-state index in [4.69, 9.17) is 16.6 Å². The summed E-state index contributed by atoms with van der Waals surface area (Å²) < 4.78 is 4.27. The Labute approximate surface area is 200 Å². The number of anilines is 2. The van der Waals surface area contributed by atoms with E-state index in [1.165, 1.54) is 51.4 Å². The SMILES string of the molecule is CCCCSN(SCCCC)c1nc(Cl)nc(N(SCCCC)SCCCC)n1. The van der Waals surface area contributed by atoms with Gasteiger partial charge in [0.2, 0.25) is 5.28 Å². The predicted molar refractivity (Wildman–Crippen MR) is 139 cm³/mol. The van der Waals surface area contributed by atoms with Gasteiger partial charge >= 0.3 is 0 Å². The lowest BCUT2D eigenvalue weighted by Gasteiger charge is -2.23. The number of aromatic nitrogens is 3. The molecule has 10 heteroatoms. The van der Waals surface area contributed by atoms with E-state index in [1.807, 2.05) is 0 Å². The molecule has 1 aromatic rings. The maximum atomic E-state index is 6.33. The van der Waals surface area contributed by atoms with Gasteiger partial charge in [0.05, 0.1) is 0 Å². The second-order valence-electron chi connectivity index (χ2n) is 6.47. The van der Waals surface area contributed by atoms with Gasteiger partial charge in [-0.2, -0.15) is 15.0 Å². The normalized spacial score (nSPS) is 11.1. The molecule has 0 N–H and O–H groups in total. The maximum Gasteiger partial charge on any atom is 0.252 e. The lowest BCUT2D eigenvalue weighted by molar-refractivity contribution is 0.892. The fourth-order valence-electron chi connectivity index (χ4n) is 1.97. The highest BCUT2D eigenvalue weighted by molar-refractivity contribution is 8.18. The molecular formula is C19H36ClN5S4. The average Bonchev–Trinajstić information content (AvgIpc) is 2.71. The zero-order valence-corrected chi connectivity index (χ0v) is 22.3. The summed E-state index contributed by atoms with van der Waals surface area (Å²) in [5.74, 6) is 5.50. The summed E-state index contributed by atoms with van der Waals surface area (Å²) >= 11 is 13.4. The molecule has 0 fully saturated rings. The van der Waals surface area contributed by atoms with Gasteiger partial charge in [0, 0.05) is 23.0 Å². The Morgan fingerprint density at radius 2 is 0.897 bits per heavy atom. The largest absolute Gasteiger partial charge is 0.252 e. The van der Waals surface area contributed by atoms with Crippen LogP contribution in [0.1, 0.15) is 79.1 Å². The van der Waals surface area contributed by atoms with Crippen LogP contribution in [0.4, 0.5) is 11.9 Å². The third-order valence-electron chi connectivity index (χ3n) is 3.74. The van der Waals surface area contributed by atoms with Crippen molar-refractivity contribution in [3.63, 3.8) is 0 Å². The lowest BCUT2D eigenvalue weighted by atomic mass is 10.4.